The van der Waals surface area contributed by atoms with Crippen molar-refractivity contribution < 1.29 is 0 Å². The zero-order valence-corrected chi connectivity index (χ0v) is 17.5. The van der Waals surface area contributed by atoms with E-state index in [0.717, 1.165) is 44.0 Å². The number of hydrogen-bond donors (Lipinski definition) is 0. The monoisotopic (exact) mass is 388 g/mol. The van der Waals surface area contributed by atoms with Crippen molar-refractivity contribution in [2.75, 3.05) is 31.1 Å². The van der Waals surface area contributed by atoms with Gasteiger partial charge in [0, 0.05) is 47.5 Å². The molecule has 1 aliphatic heterocycles. The van der Waals surface area contributed by atoms with Gasteiger partial charge < -0.3 is 9.80 Å². The molecule has 1 saturated heterocycles. The van der Waals surface area contributed by atoms with Crippen LogP contribution in [0.15, 0.2) is 60.6 Å². The van der Waals surface area contributed by atoms with Gasteiger partial charge in [-0.3, -0.25) is 0 Å². The average Bonchev–Trinajstić information content (AvgIpc) is 3.15. The summed E-state index contributed by atoms with van der Waals surface area (Å²) in [5, 5.41) is 2.90. The van der Waals surface area contributed by atoms with Crippen LogP contribution in [0.4, 0.5) is 5.69 Å². The predicted octanol–water partition coefficient (Wildman–Crippen LogP) is 6.17. The molecule has 0 amide bonds. The molecule has 4 heteroatoms. The van der Waals surface area contributed by atoms with Gasteiger partial charge in [-0.1, -0.05) is 37.2 Å². The molecule has 0 bridgehead atoms. The van der Waals surface area contributed by atoms with E-state index >= 15 is 0 Å². The number of allylic oxidation sites excluding steroid dienone is 2. The van der Waals surface area contributed by atoms with Crippen LogP contribution in [0.5, 0.6) is 0 Å². The van der Waals surface area contributed by atoms with Gasteiger partial charge in [-0.15, -0.1) is 17.9 Å². The predicted molar refractivity (Wildman–Crippen MR) is 118 cm³/mol. The molecule has 2 aromatic rings. The Hall–Kier alpha value is -1.71. The molecule has 1 aliphatic rings. The van der Waals surface area contributed by atoms with E-state index in [4.69, 9.17) is 11.6 Å². The molecule has 2 nitrogen and oxygen atoms in total. The van der Waals surface area contributed by atoms with Crippen molar-refractivity contribution in [2.24, 2.45) is 0 Å². The smallest absolute Gasteiger partial charge is 0.0410 e. The van der Waals surface area contributed by atoms with Gasteiger partial charge in [-0.2, -0.15) is 0 Å². The number of anilines is 1. The van der Waals surface area contributed by atoms with Crippen molar-refractivity contribution in [1.29, 1.82) is 0 Å². The summed E-state index contributed by atoms with van der Waals surface area (Å²) in [4.78, 5) is 6.22. The van der Waals surface area contributed by atoms with E-state index in [9.17, 15) is 0 Å². The first-order chi connectivity index (χ1) is 12.5. The van der Waals surface area contributed by atoms with E-state index in [-0.39, 0.29) is 0 Å². The maximum absolute atomic E-state index is 6.00. The van der Waals surface area contributed by atoms with Crippen LogP contribution in [-0.2, 0) is 6.42 Å². The third-order valence-electron chi connectivity index (χ3n) is 4.56. The SMILES string of the molecule is C=C(CC)N1CCN(c2ccc(Cl)cc2C)CC1.C=CCc1cccs1. The summed E-state index contributed by atoms with van der Waals surface area (Å²) < 4.78 is 0. The van der Waals surface area contributed by atoms with Gasteiger partial charge in [-0.05, 0) is 55.0 Å². The summed E-state index contributed by atoms with van der Waals surface area (Å²) in [7, 11) is 0. The van der Waals surface area contributed by atoms with Gasteiger partial charge in [-0.25, -0.2) is 0 Å². The van der Waals surface area contributed by atoms with E-state index in [1.54, 1.807) is 11.3 Å². The lowest BCUT2D eigenvalue weighted by atomic mass is 10.1. The number of rotatable bonds is 5. The summed E-state index contributed by atoms with van der Waals surface area (Å²) in [5.41, 5.74) is 3.81. The largest absolute Gasteiger partial charge is 0.372 e. The number of thiophene rings is 1. The number of nitrogens with zero attached hydrogens (tertiary/aromatic N) is 2. The van der Waals surface area contributed by atoms with E-state index in [1.165, 1.54) is 21.8 Å². The van der Waals surface area contributed by atoms with Gasteiger partial charge in [0.25, 0.3) is 0 Å². The molecule has 140 valence electrons. The summed E-state index contributed by atoms with van der Waals surface area (Å²) in [6.07, 6.45) is 3.98. The molecule has 0 N–H and O–H groups in total. The molecule has 0 radical (unpaired) electrons. The minimum absolute atomic E-state index is 0.814. The molecule has 1 aromatic heterocycles. The Morgan fingerprint density at radius 1 is 1.23 bits per heavy atom. The first kappa shape index (κ1) is 20.6. The molecule has 0 unspecified atom stereocenters. The highest BCUT2D eigenvalue weighted by Crippen LogP contribution is 2.25. The minimum Gasteiger partial charge on any atom is -0.372 e. The van der Waals surface area contributed by atoms with Crippen molar-refractivity contribution in [3.05, 3.63) is 76.1 Å². The zero-order chi connectivity index (χ0) is 18.9. The number of halogens is 1. The number of hydrogen-bond acceptors (Lipinski definition) is 3. The molecular formula is C22H29ClN2S. The highest BCUT2D eigenvalue weighted by molar-refractivity contribution is 7.09. The Morgan fingerprint density at radius 2 is 1.96 bits per heavy atom. The van der Waals surface area contributed by atoms with Crippen LogP contribution in [0.2, 0.25) is 5.02 Å². The van der Waals surface area contributed by atoms with Crippen molar-refractivity contribution in [1.82, 2.24) is 4.90 Å². The van der Waals surface area contributed by atoms with Crippen molar-refractivity contribution >= 4 is 28.6 Å². The van der Waals surface area contributed by atoms with Gasteiger partial charge >= 0.3 is 0 Å². The molecule has 0 aliphatic carbocycles. The quantitative estimate of drug-likeness (QED) is 0.565. The molecule has 2 heterocycles. The molecule has 1 aromatic carbocycles. The van der Waals surface area contributed by atoms with Crippen LogP contribution in [0.25, 0.3) is 0 Å². The lowest BCUT2D eigenvalue weighted by molar-refractivity contribution is 0.315. The van der Waals surface area contributed by atoms with Crippen molar-refractivity contribution in [2.45, 2.75) is 26.7 Å². The van der Waals surface area contributed by atoms with Crippen molar-refractivity contribution in [3.8, 4) is 0 Å². The maximum Gasteiger partial charge on any atom is 0.0410 e. The summed E-state index contributed by atoms with van der Waals surface area (Å²) in [6.45, 7) is 16.3. The second kappa shape index (κ2) is 10.4. The third-order valence-corrected chi connectivity index (χ3v) is 5.69. The van der Waals surface area contributed by atoms with Gasteiger partial charge in [0.05, 0.1) is 0 Å². The lowest BCUT2D eigenvalue weighted by Crippen LogP contribution is -2.45. The Kier molecular flexibility index (Phi) is 8.27. The molecular weight excluding hydrogens is 360 g/mol. The molecule has 3 rings (SSSR count). The normalized spacial score (nSPS) is 13.8. The first-order valence-electron chi connectivity index (χ1n) is 9.12. The van der Waals surface area contributed by atoms with Crippen LogP contribution < -0.4 is 4.90 Å². The summed E-state index contributed by atoms with van der Waals surface area (Å²) >= 11 is 7.78. The van der Waals surface area contributed by atoms with Crippen LogP contribution >= 0.6 is 22.9 Å². The van der Waals surface area contributed by atoms with E-state index < -0.39 is 0 Å². The fourth-order valence-electron chi connectivity index (χ4n) is 3.03. The van der Waals surface area contributed by atoms with Crippen LogP contribution in [0.1, 0.15) is 23.8 Å². The first-order valence-corrected chi connectivity index (χ1v) is 10.4. The Labute approximate surface area is 167 Å². The number of piperazine rings is 1. The van der Waals surface area contributed by atoms with Crippen LogP contribution in [-0.4, -0.2) is 31.1 Å². The van der Waals surface area contributed by atoms with Crippen LogP contribution in [0.3, 0.4) is 0 Å². The second-order valence-electron chi connectivity index (χ2n) is 6.40. The third kappa shape index (κ3) is 5.93. The Bertz CT molecular complexity index is 701. The topological polar surface area (TPSA) is 6.48 Å². The molecule has 0 atom stereocenters. The van der Waals surface area contributed by atoms with E-state index in [0.29, 0.717) is 0 Å². The van der Waals surface area contributed by atoms with Crippen molar-refractivity contribution in [3.63, 3.8) is 0 Å². The molecule has 26 heavy (non-hydrogen) atoms. The fourth-order valence-corrected chi connectivity index (χ4v) is 3.96. The molecule has 1 fully saturated rings. The number of aryl methyl sites for hydroxylation is 1. The van der Waals surface area contributed by atoms with Gasteiger partial charge in [0.1, 0.15) is 0 Å². The number of benzene rings is 1. The highest BCUT2D eigenvalue weighted by Gasteiger charge is 2.18. The standard InChI is InChI=1S/C15H21ClN2.C7H8S/c1-4-13(3)17-7-9-18(10-8-17)15-6-5-14(16)11-12(15)2;1-2-4-7-5-3-6-8-7/h5-6,11H,3-4,7-10H2,1-2H3;2-3,5-6H,1,4H2. The van der Waals surface area contributed by atoms with E-state index in [2.05, 4.69) is 60.4 Å². The Balaban J connectivity index is 0.000000254. The summed E-state index contributed by atoms with van der Waals surface area (Å²) in [6, 6.07) is 10.3. The average molecular weight is 389 g/mol. The molecule has 0 spiro atoms. The minimum atomic E-state index is 0.814. The van der Waals surface area contributed by atoms with Gasteiger partial charge in [0.15, 0.2) is 0 Å². The van der Waals surface area contributed by atoms with Crippen LogP contribution in [0, 0.1) is 6.92 Å². The summed E-state index contributed by atoms with van der Waals surface area (Å²) in [5.74, 6) is 0. The maximum atomic E-state index is 6.00. The zero-order valence-electron chi connectivity index (χ0n) is 15.9. The fraction of sp³-hybridized carbons (Fsp3) is 0.364. The molecule has 0 saturated carbocycles. The Morgan fingerprint density at radius 3 is 2.50 bits per heavy atom. The van der Waals surface area contributed by atoms with Gasteiger partial charge in [0.2, 0.25) is 0 Å². The van der Waals surface area contributed by atoms with E-state index in [1.807, 2.05) is 18.2 Å². The highest BCUT2D eigenvalue weighted by atomic mass is 35.5. The lowest BCUT2D eigenvalue weighted by Gasteiger charge is -2.38. The second-order valence-corrected chi connectivity index (χ2v) is 7.87.